The molecule has 151 valence electrons. The molecule has 0 heterocycles. The van der Waals surface area contributed by atoms with E-state index in [1.807, 2.05) is 0 Å². The van der Waals surface area contributed by atoms with Crippen LogP contribution in [0.25, 0.3) is 0 Å². The summed E-state index contributed by atoms with van der Waals surface area (Å²) in [6, 6.07) is 6.72. The molecule has 1 radical (unpaired) electrons. The molecular formula is C18H28BiO7Si. The Morgan fingerprint density at radius 2 is 1.33 bits per heavy atom. The molecule has 0 aliphatic heterocycles. The van der Waals surface area contributed by atoms with Crippen molar-refractivity contribution in [2.45, 2.75) is 59.7 Å². The summed E-state index contributed by atoms with van der Waals surface area (Å²) in [7, 11) is -2.12. The number of benzene rings is 1. The fourth-order valence-electron chi connectivity index (χ4n) is 1.89. The van der Waals surface area contributed by atoms with Crippen LogP contribution in [-0.4, -0.2) is 47.8 Å². The molecule has 7 nitrogen and oxygen atoms in total. The van der Waals surface area contributed by atoms with Crippen molar-refractivity contribution < 1.29 is 27.2 Å². The van der Waals surface area contributed by atoms with Gasteiger partial charge in [-0.15, -0.1) is 0 Å². The molecule has 0 fully saturated rings. The van der Waals surface area contributed by atoms with Gasteiger partial charge in [0.2, 0.25) is 0 Å². The predicted octanol–water partition coefficient (Wildman–Crippen LogP) is 2.91. The van der Waals surface area contributed by atoms with Crippen molar-refractivity contribution in [1.82, 2.24) is 0 Å². The summed E-state index contributed by atoms with van der Waals surface area (Å²) in [6.45, 7) is 14.1. The zero-order valence-corrected chi connectivity index (χ0v) is 21.6. The second kappa shape index (κ2) is 8.69. The molecule has 0 atom stereocenters. The Bertz CT molecular complexity index is 684. The molecule has 0 spiro atoms. The summed E-state index contributed by atoms with van der Waals surface area (Å²) in [5.41, 5.74) is 0. The van der Waals surface area contributed by atoms with E-state index in [9.17, 15) is 14.4 Å². The van der Waals surface area contributed by atoms with Crippen LogP contribution in [0.2, 0.25) is 18.1 Å². The molecule has 0 bridgehead atoms. The first-order valence-corrected chi connectivity index (χ1v) is 17.4. The summed E-state index contributed by atoms with van der Waals surface area (Å²) in [6.07, 6.45) is 0. The summed E-state index contributed by atoms with van der Waals surface area (Å²) in [5.74, 6) is -1.52. The normalized spacial score (nSPS) is 12.1. The van der Waals surface area contributed by atoms with Gasteiger partial charge in [0.15, 0.2) is 0 Å². The van der Waals surface area contributed by atoms with E-state index >= 15 is 0 Å². The van der Waals surface area contributed by atoms with Gasteiger partial charge in [0.05, 0.1) is 0 Å². The third-order valence-electron chi connectivity index (χ3n) is 4.06. The van der Waals surface area contributed by atoms with E-state index in [4.69, 9.17) is 12.9 Å². The van der Waals surface area contributed by atoms with E-state index in [2.05, 4.69) is 33.9 Å². The topological polar surface area (TPSA) is 88.1 Å². The van der Waals surface area contributed by atoms with Crippen molar-refractivity contribution in [3.05, 3.63) is 24.3 Å². The van der Waals surface area contributed by atoms with Crippen LogP contribution in [0.3, 0.4) is 0 Å². The SMILES string of the molecule is CC(=O)[O][Bi]([O]C(C)=O)([O]C(C)=O)[c]1cccc(O[Si](C)(C)C(C)(C)C)c1. The molecule has 1 aromatic rings. The number of carbonyl (C=O) groups excluding carboxylic acids is 3. The van der Waals surface area contributed by atoms with Crippen molar-refractivity contribution in [2.24, 2.45) is 0 Å². The first kappa shape index (κ1) is 23.6. The zero-order chi connectivity index (χ0) is 21.0. The Hall–Kier alpha value is -1.47. The summed E-state index contributed by atoms with van der Waals surface area (Å²) >= 11 is -5.13. The predicted molar refractivity (Wildman–Crippen MR) is 105 cm³/mol. The molecule has 1 rings (SSSR count). The summed E-state index contributed by atoms with van der Waals surface area (Å²) in [4.78, 5) is 35.0. The molecule has 0 aromatic heterocycles. The Balaban J connectivity index is 3.43. The van der Waals surface area contributed by atoms with E-state index < -0.39 is 47.8 Å². The number of rotatable bonds is 6. The van der Waals surface area contributed by atoms with Crippen LogP contribution in [0, 0.1) is 0 Å². The zero-order valence-electron chi connectivity index (χ0n) is 17.1. The fraction of sp³-hybridized carbons (Fsp3) is 0.500. The second-order valence-electron chi connectivity index (χ2n) is 7.61. The van der Waals surface area contributed by atoms with E-state index in [1.165, 1.54) is 20.8 Å². The third-order valence-corrected chi connectivity index (χ3v) is 17.8. The molecule has 1 aromatic carbocycles. The van der Waals surface area contributed by atoms with Gasteiger partial charge in [0.1, 0.15) is 0 Å². The van der Waals surface area contributed by atoms with E-state index in [0.29, 0.717) is 9.02 Å². The molecule has 27 heavy (non-hydrogen) atoms. The Labute approximate surface area is 167 Å². The van der Waals surface area contributed by atoms with Gasteiger partial charge in [-0.3, -0.25) is 0 Å². The van der Waals surface area contributed by atoms with Crippen LogP contribution in [0.15, 0.2) is 24.3 Å². The van der Waals surface area contributed by atoms with Crippen LogP contribution in [0.5, 0.6) is 5.75 Å². The Morgan fingerprint density at radius 3 is 1.70 bits per heavy atom. The minimum atomic E-state index is -5.13. The van der Waals surface area contributed by atoms with Gasteiger partial charge >= 0.3 is 168 Å². The Kier molecular flexibility index (Phi) is 7.59. The van der Waals surface area contributed by atoms with Crippen LogP contribution in [0.4, 0.5) is 0 Å². The fourth-order valence-corrected chi connectivity index (χ4v) is 10.7. The molecule has 0 unspecified atom stereocenters. The minimum absolute atomic E-state index is 0.0224. The van der Waals surface area contributed by atoms with Crippen LogP contribution in [0.1, 0.15) is 41.5 Å². The third kappa shape index (κ3) is 6.57. The monoisotopic (exact) mass is 593 g/mol. The average Bonchev–Trinajstić information content (AvgIpc) is 2.43. The molecular weight excluding hydrogens is 565 g/mol. The van der Waals surface area contributed by atoms with Gasteiger partial charge < -0.3 is 0 Å². The number of hydrogen-bond donors (Lipinski definition) is 0. The van der Waals surface area contributed by atoms with Gasteiger partial charge in [-0.25, -0.2) is 0 Å². The molecule has 0 aliphatic rings. The standard InChI is InChI=1S/C12H19OSi.3C2H4O2.Bi/c1-12(2,3)14(4,5)13-11-9-7-6-8-10-11;3*1-2(3)4;/h6-7,9-10H,1-5H3;3*1H3,(H,3,4);/q;;;;+3/p-3. The molecule has 0 amide bonds. The maximum absolute atomic E-state index is 11.7. The van der Waals surface area contributed by atoms with Crippen LogP contribution < -0.4 is 7.70 Å². The number of hydrogen-bond acceptors (Lipinski definition) is 7. The molecule has 0 N–H and O–H groups in total. The van der Waals surface area contributed by atoms with Crippen molar-refractivity contribution in [3.63, 3.8) is 0 Å². The molecule has 0 saturated heterocycles. The number of carbonyl (C=O) groups is 3. The van der Waals surface area contributed by atoms with Crippen molar-refractivity contribution in [1.29, 1.82) is 0 Å². The first-order chi connectivity index (χ1) is 12.2. The maximum atomic E-state index is 11.7. The van der Waals surface area contributed by atoms with Crippen molar-refractivity contribution in [3.8, 4) is 5.75 Å². The van der Waals surface area contributed by atoms with Crippen LogP contribution in [-0.2, 0) is 22.8 Å². The van der Waals surface area contributed by atoms with Crippen molar-refractivity contribution in [2.75, 3.05) is 0 Å². The first-order valence-electron chi connectivity index (χ1n) is 8.48. The quantitative estimate of drug-likeness (QED) is 0.469. The summed E-state index contributed by atoms with van der Waals surface area (Å²) in [5, 5.41) is -0.0224. The van der Waals surface area contributed by atoms with Gasteiger partial charge in [0, 0.05) is 0 Å². The average molecular weight is 593 g/mol. The van der Waals surface area contributed by atoms with E-state index in [1.54, 1.807) is 24.3 Å². The summed E-state index contributed by atoms with van der Waals surface area (Å²) < 4.78 is 22.7. The van der Waals surface area contributed by atoms with E-state index in [0.717, 1.165) is 0 Å². The van der Waals surface area contributed by atoms with Crippen LogP contribution >= 0.6 is 0 Å². The van der Waals surface area contributed by atoms with Gasteiger partial charge in [-0.05, 0) is 0 Å². The van der Waals surface area contributed by atoms with Gasteiger partial charge in [-0.2, -0.15) is 0 Å². The van der Waals surface area contributed by atoms with Crippen molar-refractivity contribution >= 4 is 51.1 Å². The molecule has 9 heteroatoms. The molecule has 0 aliphatic carbocycles. The second-order valence-corrected chi connectivity index (χ2v) is 20.3. The van der Waals surface area contributed by atoms with Gasteiger partial charge in [0.25, 0.3) is 0 Å². The van der Waals surface area contributed by atoms with E-state index in [-0.39, 0.29) is 5.04 Å². The molecule has 0 saturated carbocycles. The Morgan fingerprint density at radius 1 is 0.889 bits per heavy atom. The van der Waals surface area contributed by atoms with Gasteiger partial charge in [-0.1, -0.05) is 0 Å².